The van der Waals surface area contributed by atoms with Gasteiger partial charge in [-0.2, -0.15) is 10.4 Å². The molecule has 0 aliphatic carbocycles. The summed E-state index contributed by atoms with van der Waals surface area (Å²) in [6, 6.07) is 9.89. The fraction of sp³-hybridized carbons (Fsp3) is 0.214. The van der Waals surface area contributed by atoms with Gasteiger partial charge in [-0.1, -0.05) is 26.0 Å². The number of oxazole rings is 1. The summed E-state index contributed by atoms with van der Waals surface area (Å²) in [5.41, 5.74) is 3.89. The number of rotatable bonds is 4. The van der Waals surface area contributed by atoms with E-state index in [9.17, 15) is 0 Å². The third kappa shape index (κ3) is 3.57. The molecule has 0 aliphatic heterocycles. The number of benzene rings is 1. The van der Waals surface area contributed by atoms with E-state index in [-0.39, 0.29) is 17.5 Å². The maximum absolute atomic E-state index is 9.00. The average Bonchev–Trinajstić information content (AvgIpc) is 2.84. The maximum Gasteiger partial charge on any atom is 0.252 e. The molecule has 6 heteroatoms. The third-order valence-electron chi connectivity index (χ3n) is 2.49. The van der Waals surface area contributed by atoms with E-state index >= 15 is 0 Å². The molecule has 5 nitrogen and oxygen atoms in total. The van der Waals surface area contributed by atoms with Crippen LogP contribution in [0, 0.1) is 14.9 Å². The summed E-state index contributed by atoms with van der Waals surface area (Å²) in [4.78, 5) is 4.10. The Morgan fingerprint density at radius 2 is 2.10 bits per heavy atom. The van der Waals surface area contributed by atoms with Crippen LogP contribution in [0.25, 0.3) is 0 Å². The van der Waals surface area contributed by atoms with Gasteiger partial charge in [0.2, 0.25) is 11.6 Å². The smallest absolute Gasteiger partial charge is 0.252 e. The van der Waals surface area contributed by atoms with Crippen LogP contribution in [0.2, 0.25) is 0 Å². The van der Waals surface area contributed by atoms with Crippen LogP contribution < -0.4 is 5.43 Å². The molecule has 0 aliphatic rings. The number of nitriles is 1. The second-order valence-electron chi connectivity index (χ2n) is 4.42. The van der Waals surface area contributed by atoms with E-state index in [4.69, 9.17) is 9.68 Å². The molecule has 0 saturated heterocycles. The molecule has 0 unspecified atom stereocenters. The number of hydrogen-bond donors (Lipinski definition) is 1. The van der Waals surface area contributed by atoms with Crippen LogP contribution in [0.15, 0.2) is 33.8 Å². The molecule has 1 aromatic carbocycles. The first kappa shape index (κ1) is 14.5. The van der Waals surface area contributed by atoms with Gasteiger partial charge < -0.3 is 4.42 Å². The SMILES string of the molecule is CC(C)c1nc(C#N)c(NN=Cc2ccc(I)cc2)o1. The van der Waals surface area contributed by atoms with Crippen LogP contribution in [0.4, 0.5) is 5.88 Å². The van der Waals surface area contributed by atoms with Crippen molar-refractivity contribution < 1.29 is 4.42 Å². The molecule has 0 saturated carbocycles. The Labute approximate surface area is 130 Å². The van der Waals surface area contributed by atoms with Crippen molar-refractivity contribution in [3.8, 4) is 6.07 Å². The van der Waals surface area contributed by atoms with Gasteiger partial charge in [-0.25, -0.2) is 10.4 Å². The minimum atomic E-state index is 0.123. The van der Waals surface area contributed by atoms with E-state index in [1.54, 1.807) is 6.21 Å². The van der Waals surface area contributed by atoms with Crippen molar-refractivity contribution in [2.75, 3.05) is 5.43 Å². The summed E-state index contributed by atoms with van der Waals surface area (Å²) < 4.78 is 6.63. The summed E-state index contributed by atoms with van der Waals surface area (Å²) in [6.07, 6.45) is 1.66. The highest BCUT2D eigenvalue weighted by Crippen LogP contribution is 2.21. The van der Waals surface area contributed by atoms with Crippen molar-refractivity contribution >= 4 is 34.7 Å². The van der Waals surface area contributed by atoms with Crippen LogP contribution in [0.1, 0.15) is 36.9 Å². The Hall–Kier alpha value is -1.88. The molecule has 102 valence electrons. The highest BCUT2D eigenvalue weighted by molar-refractivity contribution is 14.1. The number of nitrogens with zero attached hydrogens (tertiary/aromatic N) is 3. The molecule has 0 amide bonds. The Morgan fingerprint density at radius 1 is 1.40 bits per heavy atom. The molecule has 1 aromatic heterocycles. The molecule has 0 spiro atoms. The second-order valence-corrected chi connectivity index (χ2v) is 5.66. The highest BCUT2D eigenvalue weighted by atomic mass is 127. The van der Waals surface area contributed by atoms with Gasteiger partial charge >= 0.3 is 0 Å². The van der Waals surface area contributed by atoms with Crippen LogP contribution in [-0.2, 0) is 0 Å². The van der Waals surface area contributed by atoms with Gasteiger partial charge in [-0.15, -0.1) is 0 Å². The van der Waals surface area contributed by atoms with Gasteiger partial charge in [0.15, 0.2) is 0 Å². The zero-order valence-corrected chi connectivity index (χ0v) is 13.2. The topological polar surface area (TPSA) is 74.2 Å². The molecule has 2 aromatic rings. The largest absolute Gasteiger partial charge is 0.422 e. The minimum absolute atomic E-state index is 0.123. The molecule has 0 radical (unpaired) electrons. The van der Waals surface area contributed by atoms with Crippen molar-refractivity contribution in [3.63, 3.8) is 0 Å². The van der Waals surface area contributed by atoms with E-state index < -0.39 is 0 Å². The van der Waals surface area contributed by atoms with E-state index in [2.05, 4.69) is 38.1 Å². The number of hydrazone groups is 1. The predicted octanol–water partition coefficient (Wildman–Crippen LogP) is 3.72. The molecule has 2 rings (SSSR count). The van der Waals surface area contributed by atoms with Crippen molar-refractivity contribution in [1.29, 1.82) is 5.26 Å². The first-order valence-corrected chi connectivity index (χ1v) is 7.13. The van der Waals surface area contributed by atoms with Crippen molar-refractivity contribution in [3.05, 3.63) is 45.0 Å². The molecule has 0 atom stereocenters. The van der Waals surface area contributed by atoms with Gasteiger partial charge in [-0.3, -0.25) is 0 Å². The zero-order valence-electron chi connectivity index (χ0n) is 11.1. The number of halogens is 1. The number of aromatic nitrogens is 1. The second kappa shape index (κ2) is 6.52. The van der Waals surface area contributed by atoms with Gasteiger partial charge in [0.25, 0.3) is 5.88 Å². The molecular formula is C14H13IN4O. The Kier molecular flexibility index (Phi) is 4.74. The van der Waals surface area contributed by atoms with Gasteiger partial charge in [0, 0.05) is 9.49 Å². The first-order valence-electron chi connectivity index (χ1n) is 6.05. The standard InChI is InChI=1S/C14H13IN4O/c1-9(2)13-18-12(7-16)14(20-13)19-17-8-10-3-5-11(15)6-4-10/h3-6,8-9,19H,1-2H3. The summed E-state index contributed by atoms with van der Waals surface area (Å²) >= 11 is 2.24. The van der Waals surface area contributed by atoms with E-state index in [1.807, 2.05) is 44.2 Å². The number of hydrogen-bond acceptors (Lipinski definition) is 5. The molecule has 1 N–H and O–H groups in total. The van der Waals surface area contributed by atoms with Gasteiger partial charge in [0.1, 0.15) is 6.07 Å². The Morgan fingerprint density at radius 3 is 2.70 bits per heavy atom. The molecule has 1 heterocycles. The minimum Gasteiger partial charge on any atom is -0.422 e. The summed E-state index contributed by atoms with van der Waals surface area (Å²) in [5.74, 6) is 0.921. The lowest BCUT2D eigenvalue weighted by Crippen LogP contribution is -1.91. The van der Waals surface area contributed by atoms with Crippen LogP contribution >= 0.6 is 22.6 Å². The summed E-state index contributed by atoms with van der Waals surface area (Å²) in [5, 5.41) is 13.1. The summed E-state index contributed by atoms with van der Waals surface area (Å²) in [6.45, 7) is 3.90. The quantitative estimate of drug-likeness (QED) is 0.499. The van der Waals surface area contributed by atoms with Crippen LogP contribution in [0.5, 0.6) is 0 Å². The highest BCUT2D eigenvalue weighted by Gasteiger charge is 2.14. The van der Waals surface area contributed by atoms with Crippen LogP contribution in [0.3, 0.4) is 0 Å². The molecule has 0 bridgehead atoms. The zero-order chi connectivity index (χ0) is 14.5. The van der Waals surface area contributed by atoms with Crippen molar-refractivity contribution in [1.82, 2.24) is 4.98 Å². The predicted molar refractivity (Wildman–Crippen MR) is 85.7 cm³/mol. The van der Waals surface area contributed by atoms with Gasteiger partial charge in [-0.05, 0) is 40.3 Å². The van der Waals surface area contributed by atoms with E-state index in [0.717, 1.165) is 9.13 Å². The normalized spacial score (nSPS) is 10.9. The van der Waals surface area contributed by atoms with Crippen molar-refractivity contribution in [2.24, 2.45) is 5.10 Å². The van der Waals surface area contributed by atoms with Crippen molar-refractivity contribution in [2.45, 2.75) is 19.8 Å². The van der Waals surface area contributed by atoms with E-state index in [1.165, 1.54) is 0 Å². The lowest BCUT2D eigenvalue weighted by atomic mass is 10.2. The number of anilines is 1. The first-order chi connectivity index (χ1) is 9.60. The molecule has 0 fully saturated rings. The lowest BCUT2D eigenvalue weighted by Gasteiger charge is -1.97. The fourth-order valence-corrected chi connectivity index (χ4v) is 1.81. The average molecular weight is 380 g/mol. The molecule has 20 heavy (non-hydrogen) atoms. The van der Waals surface area contributed by atoms with Crippen LogP contribution in [-0.4, -0.2) is 11.2 Å². The van der Waals surface area contributed by atoms with E-state index in [0.29, 0.717) is 5.89 Å². The Balaban J connectivity index is 2.10. The molecular weight excluding hydrogens is 367 g/mol. The third-order valence-corrected chi connectivity index (χ3v) is 3.21. The summed E-state index contributed by atoms with van der Waals surface area (Å²) in [7, 11) is 0. The fourth-order valence-electron chi connectivity index (χ4n) is 1.45. The Bertz CT molecular complexity index is 653. The van der Waals surface area contributed by atoms with Gasteiger partial charge in [0.05, 0.1) is 6.21 Å². The monoisotopic (exact) mass is 380 g/mol. The maximum atomic E-state index is 9.00. The number of nitrogens with one attached hydrogen (secondary N) is 1. The lowest BCUT2D eigenvalue weighted by molar-refractivity contribution is 0.481.